The lowest BCUT2D eigenvalue weighted by Gasteiger charge is -2.38. The average Bonchev–Trinajstić information content (AvgIpc) is 2.69. The van der Waals surface area contributed by atoms with Gasteiger partial charge in [-0.3, -0.25) is 4.79 Å². The third-order valence-corrected chi connectivity index (χ3v) is 5.10. The van der Waals surface area contributed by atoms with E-state index in [4.69, 9.17) is 4.74 Å². The van der Waals surface area contributed by atoms with E-state index >= 15 is 0 Å². The Morgan fingerprint density at radius 3 is 2.50 bits per heavy atom. The molecule has 0 bridgehead atoms. The molecule has 0 spiro atoms. The van der Waals surface area contributed by atoms with Gasteiger partial charge in [0.15, 0.2) is 0 Å². The molecule has 2 aromatic rings. The Labute approximate surface area is 172 Å². The van der Waals surface area contributed by atoms with Crippen LogP contribution < -0.4 is 4.90 Å². The second kappa shape index (κ2) is 11.1. The summed E-state index contributed by atoms with van der Waals surface area (Å²) in [4.78, 5) is 16.8. The van der Waals surface area contributed by atoms with Gasteiger partial charge in [-0.25, -0.2) is 4.39 Å². The summed E-state index contributed by atoms with van der Waals surface area (Å²) in [6, 6.07) is 16.8. The largest absolute Gasteiger partial charge is 0.375 e. The number of anilines is 1. The highest BCUT2D eigenvalue weighted by atomic mass is 35.5. The predicted octanol–water partition coefficient (Wildman–Crippen LogP) is 3.93. The van der Waals surface area contributed by atoms with Crippen molar-refractivity contribution in [3.05, 3.63) is 66.0 Å². The highest BCUT2D eigenvalue weighted by Crippen LogP contribution is 2.25. The Bertz CT molecular complexity index is 736. The number of amides is 1. The summed E-state index contributed by atoms with van der Waals surface area (Å²) in [5.41, 5.74) is 1.95. The molecular formula is C22H28ClFN2O2. The zero-order valence-electron chi connectivity index (χ0n) is 16.2. The Hall–Kier alpha value is -1.95. The van der Waals surface area contributed by atoms with Gasteiger partial charge in [0, 0.05) is 38.5 Å². The Morgan fingerprint density at radius 1 is 1.14 bits per heavy atom. The molecule has 4 nitrogen and oxygen atoms in total. The van der Waals surface area contributed by atoms with Crippen LogP contribution >= 0.6 is 12.4 Å². The normalized spacial score (nSPS) is 15.1. The molecule has 1 amide bonds. The van der Waals surface area contributed by atoms with Crippen molar-refractivity contribution >= 4 is 24.0 Å². The third-order valence-electron chi connectivity index (χ3n) is 5.10. The van der Waals surface area contributed by atoms with Crippen LogP contribution in [0.25, 0.3) is 0 Å². The molecule has 3 rings (SSSR count). The minimum absolute atomic E-state index is 0. The second-order valence-corrected chi connectivity index (χ2v) is 6.99. The molecule has 0 atom stereocenters. The first-order valence-corrected chi connectivity index (χ1v) is 9.50. The van der Waals surface area contributed by atoms with E-state index in [1.165, 1.54) is 24.8 Å². The molecule has 0 N–H and O–H groups in total. The van der Waals surface area contributed by atoms with Crippen molar-refractivity contribution in [1.82, 2.24) is 4.90 Å². The van der Waals surface area contributed by atoms with Gasteiger partial charge in [-0.1, -0.05) is 36.4 Å². The van der Waals surface area contributed by atoms with Gasteiger partial charge in [-0.15, -0.1) is 12.4 Å². The van der Waals surface area contributed by atoms with Crippen molar-refractivity contribution in [2.75, 3.05) is 38.3 Å². The zero-order valence-corrected chi connectivity index (χ0v) is 17.0. The second-order valence-electron chi connectivity index (χ2n) is 6.99. The Kier molecular flexibility index (Phi) is 8.90. The van der Waals surface area contributed by atoms with Gasteiger partial charge >= 0.3 is 0 Å². The van der Waals surface area contributed by atoms with Crippen LogP contribution in [0.5, 0.6) is 0 Å². The van der Waals surface area contributed by atoms with Crippen LogP contribution in [0, 0.1) is 5.82 Å². The van der Waals surface area contributed by atoms with E-state index in [-0.39, 0.29) is 36.8 Å². The molecule has 0 unspecified atom stereocenters. The number of nitrogens with zero attached hydrogens (tertiary/aromatic N) is 2. The molecule has 1 saturated heterocycles. The van der Waals surface area contributed by atoms with E-state index in [2.05, 4.69) is 29.2 Å². The highest BCUT2D eigenvalue weighted by Gasteiger charge is 2.29. The standard InChI is InChI=1S/C22H27FN2O2.ClH/c1-27-17-22(26)25(21-9-5-8-19(23)16-21)20-11-14-24(15-12-20)13-10-18-6-3-2-4-7-18;/h2-9,16,20H,10-15,17H2,1H3;1H. The first-order chi connectivity index (χ1) is 13.2. The maximum absolute atomic E-state index is 13.7. The fourth-order valence-corrected chi connectivity index (χ4v) is 3.71. The van der Waals surface area contributed by atoms with Crippen molar-refractivity contribution in [3.8, 4) is 0 Å². The molecule has 2 aromatic carbocycles. The van der Waals surface area contributed by atoms with Gasteiger partial charge in [0.1, 0.15) is 12.4 Å². The number of rotatable bonds is 7. The fraction of sp³-hybridized carbons (Fsp3) is 0.409. The maximum Gasteiger partial charge on any atom is 0.253 e. The lowest BCUT2D eigenvalue weighted by molar-refractivity contribution is -0.122. The van der Waals surface area contributed by atoms with Gasteiger partial charge in [0.2, 0.25) is 0 Å². The third kappa shape index (κ3) is 6.03. The van der Waals surface area contributed by atoms with E-state index in [0.717, 1.165) is 38.9 Å². The number of halogens is 2. The summed E-state index contributed by atoms with van der Waals surface area (Å²) in [6.07, 6.45) is 2.78. The number of carbonyl (C=O) groups excluding carboxylic acids is 1. The SMILES string of the molecule is COCC(=O)N(c1cccc(F)c1)C1CCN(CCc2ccccc2)CC1.Cl. The molecule has 0 saturated carbocycles. The number of benzene rings is 2. The molecule has 28 heavy (non-hydrogen) atoms. The van der Waals surface area contributed by atoms with E-state index < -0.39 is 0 Å². The van der Waals surface area contributed by atoms with Gasteiger partial charge < -0.3 is 14.5 Å². The topological polar surface area (TPSA) is 32.8 Å². The molecule has 1 aliphatic rings. The lowest BCUT2D eigenvalue weighted by Crippen LogP contribution is -2.49. The zero-order chi connectivity index (χ0) is 19.1. The van der Waals surface area contributed by atoms with Gasteiger partial charge in [0.25, 0.3) is 5.91 Å². The van der Waals surface area contributed by atoms with Crippen LogP contribution in [0.3, 0.4) is 0 Å². The number of piperidine rings is 1. The van der Waals surface area contributed by atoms with Gasteiger partial charge in [0.05, 0.1) is 0 Å². The molecular weight excluding hydrogens is 379 g/mol. The number of hydrogen-bond acceptors (Lipinski definition) is 3. The van der Waals surface area contributed by atoms with Gasteiger partial charge in [-0.2, -0.15) is 0 Å². The first kappa shape index (κ1) is 22.3. The summed E-state index contributed by atoms with van der Waals surface area (Å²) < 4.78 is 18.7. The molecule has 1 heterocycles. The smallest absolute Gasteiger partial charge is 0.253 e. The number of hydrogen-bond donors (Lipinski definition) is 0. The van der Waals surface area contributed by atoms with Crippen molar-refractivity contribution < 1.29 is 13.9 Å². The van der Waals surface area contributed by atoms with Gasteiger partial charge in [-0.05, 0) is 43.0 Å². The van der Waals surface area contributed by atoms with E-state index in [1.807, 2.05) is 6.07 Å². The quantitative estimate of drug-likeness (QED) is 0.698. The number of likely N-dealkylation sites (tertiary alicyclic amines) is 1. The minimum atomic E-state index is -0.331. The molecule has 1 fully saturated rings. The van der Waals surface area contributed by atoms with Crippen LogP contribution in [0.15, 0.2) is 54.6 Å². The number of methoxy groups -OCH3 is 1. The Morgan fingerprint density at radius 2 is 1.86 bits per heavy atom. The molecule has 0 radical (unpaired) electrons. The molecule has 6 heteroatoms. The van der Waals surface area contributed by atoms with Crippen LogP contribution in [0.2, 0.25) is 0 Å². The molecule has 0 aliphatic carbocycles. The first-order valence-electron chi connectivity index (χ1n) is 9.50. The predicted molar refractivity (Wildman–Crippen MR) is 113 cm³/mol. The lowest BCUT2D eigenvalue weighted by atomic mass is 10.0. The Balaban J connectivity index is 0.00000280. The molecule has 1 aliphatic heterocycles. The van der Waals surface area contributed by atoms with Crippen molar-refractivity contribution in [2.24, 2.45) is 0 Å². The van der Waals surface area contributed by atoms with Crippen LogP contribution in [-0.4, -0.2) is 50.2 Å². The van der Waals surface area contributed by atoms with E-state index in [1.54, 1.807) is 17.0 Å². The van der Waals surface area contributed by atoms with Crippen LogP contribution in [-0.2, 0) is 16.0 Å². The highest BCUT2D eigenvalue weighted by molar-refractivity contribution is 5.94. The van der Waals surface area contributed by atoms with Crippen molar-refractivity contribution in [2.45, 2.75) is 25.3 Å². The van der Waals surface area contributed by atoms with E-state index in [9.17, 15) is 9.18 Å². The summed E-state index contributed by atoms with van der Waals surface area (Å²) in [7, 11) is 1.51. The number of carbonyl (C=O) groups is 1. The van der Waals surface area contributed by atoms with E-state index in [0.29, 0.717) is 5.69 Å². The average molecular weight is 407 g/mol. The summed E-state index contributed by atoms with van der Waals surface area (Å²) in [5, 5.41) is 0. The van der Waals surface area contributed by atoms with Crippen molar-refractivity contribution in [3.63, 3.8) is 0 Å². The van der Waals surface area contributed by atoms with Crippen LogP contribution in [0.1, 0.15) is 18.4 Å². The summed E-state index contributed by atoms with van der Waals surface area (Å²) in [6.45, 7) is 2.89. The van der Waals surface area contributed by atoms with Crippen LogP contribution in [0.4, 0.5) is 10.1 Å². The minimum Gasteiger partial charge on any atom is -0.375 e. The molecule has 152 valence electrons. The molecule has 0 aromatic heterocycles. The summed E-state index contributed by atoms with van der Waals surface area (Å²) in [5.74, 6) is -0.450. The fourth-order valence-electron chi connectivity index (χ4n) is 3.71. The maximum atomic E-state index is 13.7. The number of ether oxygens (including phenoxy) is 1. The summed E-state index contributed by atoms with van der Waals surface area (Å²) >= 11 is 0. The monoisotopic (exact) mass is 406 g/mol. The van der Waals surface area contributed by atoms with Crippen molar-refractivity contribution in [1.29, 1.82) is 0 Å².